The lowest BCUT2D eigenvalue weighted by Gasteiger charge is -2.32. The number of carbonyl (C=O) groups is 1. The Hall–Kier alpha value is -2.53. The Kier molecular flexibility index (Phi) is 5.53. The molecule has 2 aromatic carbocycles. The van der Waals surface area contributed by atoms with Crippen molar-refractivity contribution in [2.75, 3.05) is 33.9 Å². The maximum atomic E-state index is 12.8. The second-order valence-corrected chi connectivity index (χ2v) is 7.59. The van der Waals surface area contributed by atoms with Crippen LogP contribution in [0.2, 0.25) is 0 Å². The van der Waals surface area contributed by atoms with Gasteiger partial charge < -0.3 is 14.4 Å². The first kappa shape index (κ1) is 18.8. The quantitative estimate of drug-likeness (QED) is 0.800. The fourth-order valence-electron chi connectivity index (χ4n) is 4.25. The highest BCUT2D eigenvalue weighted by atomic mass is 16.5. The predicted molar refractivity (Wildman–Crippen MR) is 109 cm³/mol. The molecule has 5 nitrogen and oxygen atoms in total. The Labute approximate surface area is 166 Å². The lowest BCUT2D eigenvalue weighted by atomic mass is 9.98. The molecule has 0 fully saturated rings. The number of nitrogens with zero attached hydrogens (tertiary/aromatic N) is 2. The number of ether oxygens (including phenoxy) is 2. The molecule has 4 rings (SSSR count). The van der Waals surface area contributed by atoms with Crippen LogP contribution in [-0.2, 0) is 30.7 Å². The van der Waals surface area contributed by atoms with Crippen molar-refractivity contribution in [1.29, 1.82) is 0 Å². The Balaban J connectivity index is 1.35. The maximum Gasteiger partial charge on any atom is 0.224 e. The van der Waals surface area contributed by atoms with E-state index in [1.54, 1.807) is 14.2 Å². The SMILES string of the molecule is COc1cc2c(cc1OC)CN(C(=O)CCN1CCc3ccccc3C1)CC2. The summed E-state index contributed by atoms with van der Waals surface area (Å²) >= 11 is 0. The zero-order chi connectivity index (χ0) is 19.5. The molecule has 148 valence electrons. The van der Waals surface area contributed by atoms with Gasteiger partial charge in [-0.15, -0.1) is 0 Å². The minimum absolute atomic E-state index is 0.235. The van der Waals surface area contributed by atoms with Crippen molar-refractivity contribution in [1.82, 2.24) is 9.80 Å². The molecule has 0 N–H and O–H groups in total. The van der Waals surface area contributed by atoms with Crippen molar-refractivity contribution in [3.05, 3.63) is 58.7 Å². The number of carbonyl (C=O) groups excluding carboxylic acids is 1. The molecule has 0 aromatic heterocycles. The molecule has 0 bridgehead atoms. The molecule has 28 heavy (non-hydrogen) atoms. The molecule has 0 unspecified atom stereocenters. The molecule has 0 spiro atoms. The summed E-state index contributed by atoms with van der Waals surface area (Å²) in [6, 6.07) is 12.7. The molecule has 0 aliphatic carbocycles. The second kappa shape index (κ2) is 8.23. The van der Waals surface area contributed by atoms with Gasteiger partial charge in [-0.1, -0.05) is 24.3 Å². The van der Waals surface area contributed by atoms with E-state index in [1.807, 2.05) is 17.0 Å². The van der Waals surface area contributed by atoms with Gasteiger partial charge in [-0.25, -0.2) is 0 Å². The van der Waals surface area contributed by atoms with Crippen LogP contribution in [0.4, 0.5) is 0 Å². The van der Waals surface area contributed by atoms with Gasteiger partial charge in [0.1, 0.15) is 0 Å². The molecule has 2 aliphatic rings. The first-order valence-electron chi connectivity index (χ1n) is 9.98. The fourth-order valence-corrected chi connectivity index (χ4v) is 4.25. The zero-order valence-corrected chi connectivity index (χ0v) is 16.7. The van der Waals surface area contributed by atoms with Gasteiger partial charge in [0.15, 0.2) is 11.5 Å². The van der Waals surface area contributed by atoms with Gasteiger partial charge in [0.05, 0.1) is 14.2 Å². The molecule has 5 heteroatoms. The summed E-state index contributed by atoms with van der Waals surface area (Å²) < 4.78 is 10.8. The molecular formula is C23H28N2O3. The van der Waals surface area contributed by atoms with Crippen LogP contribution in [0, 0.1) is 0 Å². The van der Waals surface area contributed by atoms with Crippen LogP contribution >= 0.6 is 0 Å². The maximum absolute atomic E-state index is 12.8. The second-order valence-electron chi connectivity index (χ2n) is 7.59. The highest BCUT2D eigenvalue weighted by Crippen LogP contribution is 2.33. The molecule has 0 atom stereocenters. The van der Waals surface area contributed by atoms with E-state index >= 15 is 0 Å². The summed E-state index contributed by atoms with van der Waals surface area (Å²) in [5, 5.41) is 0. The largest absolute Gasteiger partial charge is 0.493 e. The Morgan fingerprint density at radius 2 is 1.57 bits per heavy atom. The highest BCUT2D eigenvalue weighted by Gasteiger charge is 2.24. The minimum atomic E-state index is 0.235. The number of hydrogen-bond acceptors (Lipinski definition) is 4. The van der Waals surface area contributed by atoms with Crippen molar-refractivity contribution in [3.63, 3.8) is 0 Å². The molecule has 2 heterocycles. The smallest absolute Gasteiger partial charge is 0.224 e. The van der Waals surface area contributed by atoms with Crippen LogP contribution in [0.25, 0.3) is 0 Å². The van der Waals surface area contributed by atoms with Gasteiger partial charge in [-0.3, -0.25) is 9.69 Å². The van der Waals surface area contributed by atoms with Gasteiger partial charge >= 0.3 is 0 Å². The van der Waals surface area contributed by atoms with Crippen molar-refractivity contribution in [3.8, 4) is 11.5 Å². The van der Waals surface area contributed by atoms with E-state index in [9.17, 15) is 4.79 Å². The van der Waals surface area contributed by atoms with E-state index in [4.69, 9.17) is 9.47 Å². The van der Waals surface area contributed by atoms with Crippen molar-refractivity contribution in [2.45, 2.75) is 32.4 Å². The number of methoxy groups -OCH3 is 2. The van der Waals surface area contributed by atoms with E-state index in [1.165, 1.54) is 16.7 Å². The summed E-state index contributed by atoms with van der Waals surface area (Å²) in [6.45, 7) is 4.22. The summed E-state index contributed by atoms with van der Waals surface area (Å²) in [7, 11) is 3.30. The number of fused-ring (bicyclic) bond motifs is 2. The van der Waals surface area contributed by atoms with Crippen molar-refractivity contribution in [2.24, 2.45) is 0 Å². The zero-order valence-electron chi connectivity index (χ0n) is 16.7. The monoisotopic (exact) mass is 380 g/mol. The van der Waals surface area contributed by atoms with Crippen molar-refractivity contribution >= 4 is 5.91 Å². The molecular weight excluding hydrogens is 352 g/mol. The minimum Gasteiger partial charge on any atom is -0.493 e. The molecule has 0 saturated carbocycles. The number of benzene rings is 2. The molecule has 2 aliphatic heterocycles. The third-order valence-electron chi connectivity index (χ3n) is 5.92. The Morgan fingerprint density at radius 1 is 0.893 bits per heavy atom. The van der Waals surface area contributed by atoms with Crippen LogP contribution in [0.1, 0.15) is 28.7 Å². The molecule has 0 saturated heterocycles. The number of rotatable bonds is 5. The summed E-state index contributed by atoms with van der Waals surface area (Å²) in [6.07, 6.45) is 2.51. The van der Waals surface area contributed by atoms with Crippen LogP contribution in [0.5, 0.6) is 11.5 Å². The number of hydrogen-bond donors (Lipinski definition) is 0. The standard InChI is InChI=1S/C23H28N2O3/c1-27-21-13-18-8-12-25(16-20(18)14-22(21)28-2)23(26)9-11-24-10-7-17-5-3-4-6-19(17)15-24/h3-6,13-14H,7-12,15-16H2,1-2H3. The first-order valence-corrected chi connectivity index (χ1v) is 9.98. The lowest BCUT2D eigenvalue weighted by Crippen LogP contribution is -2.39. The van der Waals surface area contributed by atoms with E-state index in [0.29, 0.717) is 13.0 Å². The Morgan fingerprint density at radius 3 is 2.32 bits per heavy atom. The third kappa shape index (κ3) is 3.85. The van der Waals surface area contributed by atoms with Gasteiger partial charge in [0.25, 0.3) is 0 Å². The van der Waals surface area contributed by atoms with Crippen LogP contribution < -0.4 is 9.47 Å². The van der Waals surface area contributed by atoms with Gasteiger partial charge in [0, 0.05) is 39.1 Å². The summed E-state index contributed by atoms with van der Waals surface area (Å²) in [5.74, 6) is 1.72. The Bertz CT molecular complexity index is 865. The first-order chi connectivity index (χ1) is 13.7. The molecule has 0 radical (unpaired) electrons. The average molecular weight is 380 g/mol. The predicted octanol–water partition coefficient (Wildman–Crippen LogP) is 3.04. The van der Waals surface area contributed by atoms with Crippen molar-refractivity contribution < 1.29 is 14.3 Å². The highest BCUT2D eigenvalue weighted by molar-refractivity contribution is 5.76. The molecule has 2 aromatic rings. The summed E-state index contributed by atoms with van der Waals surface area (Å²) in [5.41, 5.74) is 5.25. The van der Waals surface area contributed by atoms with E-state index in [0.717, 1.165) is 56.1 Å². The fraction of sp³-hybridized carbons (Fsp3) is 0.435. The molecule has 1 amide bonds. The van der Waals surface area contributed by atoms with Gasteiger partial charge in [0.2, 0.25) is 5.91 Å². The van der Waals surface area contributed by atoms with E-state index < -0.39 is 0 Å². The summed E-state index contributed by atoms with van der Waals surface area (Å²) in [4.78, 5) is 17.2. The average Bonchev–Trinajstić information content (AvgIpc) is 2.75. The van der Waals surface area contributed by atoms with E-state index in [2.05, 4.69) is 29.2 Å². The van der Waals surface area contributed by atoms with Crippen LogP contribution in [0.3, 0.4) is 0 Å². The lowest BCUT2D eigenvalue weighted by molar-refractivity contribution is -0.132. The normalized spacial score (nSPS) is 16.3. The number of amides is 1. The third-order valence-corrected chi connectivity index (χ3v) is 5.92. The topological polar surface area (TPSA) is 42.0 Å². The van der Waals surface area contributed by atoms with Crippen LogP contribution in [-0.4, -0.2) is 49.6 Å². The van der Waals surface area contributed by atoms with Gasteiger partial charge in [-0.05, 0) is 47.2 Å². The van der Waals surface area contributed by atoms with Gasteiger partial charge in [-0.2, -0.15) is 0 Å². The van der Waals surface area contributed by atoms with Crippen LogP contribution in [0.15, 0.2) is 36.4 Å². The van der Waals surface area contributed by atoms with E-state index in [-0.39, 0.29) is 5.91 Å².